The molecule has 0 spiro atoms. The predicted molar refractivity (Wildman–Crippen MR) is 116 cm³/mol. The second kappa shape index (κ2) is 10.8. The molecule has 35 heavy (non-hydrogen) atoms. The number of carbonyl (C=O) groups is 3. The van der Waals surface area contributed by atoms with E-state index in [1.165, 1.54) is 17.0 Å². The molecule has 1 unspecified atom stereocenters. The molecule has 0 saturated carbocycles. The van der Waals surface area contributed by atoms with Gasteiger partial charge in [0.15, 0.2) is 29.1 Å². The molecule has 1 aliphatic rings. The van der Waals surface area contributed by atoms with Crippen molar-refractivity contribution in [3.63, 3.8) is 0 Å². The lowest BCUT2D eigenvalue weighted by atomic mass is 10.0. The summed E-state index contributed by atoms with van der Waals surface area (Å²) in [7, 11) is 0. The van der Waals surface area contributed by atoms with E-state index in [0.717, 1.165) is 6.07 Å². The average molecular weight is 497 g/mol. The molecule has 11 heteroatoms. The van der Waals surface area contributed by atoms with Gasteiger partial charge in [0.05, 0.1) is 0 Å². The topological polar surface area (TPSA) is 78.5 Å². The molecular weight excluding hydrogens is 473 g/mol. The van der Waals surface area contributed by atoms with Crippen LogP contribution in [0.1, 0.15) is 38.7 Å². The first-order valence-electron chi connectivity index (χ1n) is 10.9. The first-order valence-corrected chi connectivity index (χ1v) is 10.9. The molecule has 2 atom stereocenters. The summed E-state index contributed by atoms with van der Waals surface area (Å²) in [5, 5.41) is 4.79. The molecule has 1 saturated heterocycles. The minimum Gasteiger partial charge on any atom is -0.344 e. The summed E-state index contributed by atoms with van der Waals surface area (Å²) in [5.41, 5.74) is -0.347. The van der Waals surface area contributed by atoms with Crippen LogP contribution in [0.3, 0.4) is 0 Å². The Hall–Kier alpha value is -3.50. The molecule has 0 radical (unpaired) electrons. The molecule has 0 aromatic heterocycles. The summed E-state index contributed by atoms with van der Waals surface area (Å²) >= 11 is 0. The lowest BCUT2D eigenvalue weighted by molar-refractivity contribution is -0.131. The van der Waals surface area contributed by atoms with E-state index in [4.69, 9.17) is 0 Å². The average Bonchev–Trinajstić information content (AvgIpc) is 3.12. The first-order chi connectivity index (χ1) is 16.5. The summed E-state index contributed by atoms with van der Waals surface area (Å²) in [4.78, 5) is 39.0. The van der Waals surface area contributed by atoms with Crippen molar-refractivity contribution in [2.24, 2.45) is 5.92 Å². The molecule has 1 fully saturated rings. The van der Waals surface area contributed by atoms with Crippen LogP contribution in [-0.4, -0.2) is 34.7 Å². The van der Waals surface area contributed by atoms with Gasteiger partial charge in [0.2, 0.25) is 17.7 Å². The molecule has 2 aromatic rings. The van der Waals surface area contributed by atoms with Gasteiger partial charge in [-0.15, -0.1) is 0 Å². The maximum absolute atomic E-state index is 14.1. The molecule has 3 rings (SSSR count). The third kappa shape index (κ3) is 6.14. The number of nitrogens with one attached hydrogen (secondary N) is 2. The van der Waals surface area contributed by atoms with Crippen LogP contribution >= 0.6 is 0 Å². The van der Waals surface area contributed by atoms with E-state index in [0.29, 0.717) is 18.6 Å². The summed E-state index contributed by atoms with van der Waals surface area (Å²) in [6.07, 6.45) is 0.250. The maximum Gasteiger partial charge on any atom is 0.247 e. The van der Waals surface area contributed by atoms with Crippen LogP contribution in [-0.2, 0) is 20.9 Å². The van der Waals surface area contributed by atoms with Crippen molar-refractivity contribution in [1.29, 1.82) is 0 Å². The minimum atomic E-state index is -1.68. The number of nitrogens with zero attached hydrogens (tertiary/aromatic N) is 1. The zero-order valence-electron chi connectivity index (χ0n) is 19.0. The van der Waals surface area contributed by atoms with Gasteiger partial charge in [0, 0.05) is 48.8 Å². The van der Waals surface area contributed by atoms with E-state index in [1.54, 1.807) is 13.8 Å². The van der Waals surface area contributed by atoms with Crippen LogP contribution in [0.4, 0.5) is 27.6 Å². The van der Waals surface area contributed by atoms with Gasteiger partial charge < -0.3 is 15.5 Å². The lowest BCUT2D eigenvalue weighted by Crippen LogP contribution is -2.48. The molecule has 2 aromatic carbocycles. The van der Waals surface area contributed by atoms with E-state index >= 15 is 0 Å². The Labute approximate surface area is 198 Å². The van der Waals surface area contributed by atoms with Crippen LogP contribution in [0.2, 0.25) is 0 Å². The fraction of sp³-hybridized carbons (Fsp3) is 0.375. The fourth-order valence-electron chi connectivity index (χ4n) is 3.91. The Balaban J connectivity index is 1.66. The fourth-order valence-corrected chi connectivity index (χ4v) is 3.91. The van der Waals surface area contributed by atoms with E-state index in [-0.39, 0.29) is 36.5 Å². The zero-order valence-corrected chi connectivity index (χ0v) is 19.0. The number of hydrogen-bond acceptors (Lipinski definition) is 3. The number of carbonyl (C=O) groups excluding carboxylic acids is 3. The normalized spacial score (nSPS) is 16.5. The van der Waals surface area contributed by atoms with Crippen molar-refractivity contribution in [1.82, 2.24) is 10.2 Å². The number of rotatable bonds is 8. The van der Waals surface area contributed by atoms with E-state index in [1.807, 2.05) is 0 Å². The number of halogens is 5. The number of likely N-dealkylation sites (tertiary alicyclic amines) is 1. The van der Waals surface area contributed by atoms with Crippen LogP contribution in [0.15, 0.2) is 30.3 Å². The monoisotopic (exact) mass is 497 g/mol. The second-order valence-corrected chi connectivity index (χ2v) is 8.66. The smallest absolute Gasteiger partial charge is 0.247 e. The van der Waals surface area contributed by atoms with Crippen LogP contribution in [0.5, 0.6) is 0 Å². The first kappa shape index (κ1) is 26.1. The Morgan fingerprint density at radius 3 is 2.31 bits per heavy atom. The quantitative estimate of drug-likeness (QED) is 0.427. The summed E-state index contributed by atoms with van der Waals surface area (Å²) in [6, 6.07) is 3.15. The highest BCUT2D eigenvalue weighted by Crippen LogP contribution is 2.25. The Morgan fingerprint density at radius 2 is 1.69 bits per heavy atom. The third-order valence-corrected chi connectivity index (χ3v) is 5.76. The van der Waals surface area contributed by atoms with Gasteiger partial charge in [-0.1, -0.05) is 26.0 Å². The van der Waals surface area contributed by atoms with Crippen molar-refractivity contribution in [3.05, 3.63) is 65.0 Å². The second-order valence-electron chi connectivity index (χ2n) is 8.66. The highest BCUT2D eigenvalue weighted by Gasteiger charge is 2.34. The van der Waals surface area contributed by atoms with Crippen LogP contribution in [0.25, 0.3) is 0 Å². The molecule has 1 aliphatic heterocycles. The predicted octanol–water partition coefficient (Wildman–Crippen LogP) is 4.04. The number of hydrogen-bond donors (Lipinski definition) is 2. The standard InChI is InChI=1S/C24H24F5N3O3/c1-12(2)23(24(35)30-14-8-17(26)22(29)18(27)9-14)31-19(33)10-15-6-7-20(34)32(15)11-13-4-3-5-16(25)21(13)28/h3-5,8-9,12,15,23H,6-7,10-11H2,1-2H3,(H,30,35)(H,31,33)/t15-,23?/m0/s1. The van der Waals surface area contributed by atoms with E-state index in [2.05, 4.69) is 10.6 Å². The van der Waals surface area contributed by atoms with Gasteiger partial charge in [-0.3, -0.25) is 14.4 Å². The van der Waals surface area contributed by atoms with Gasteiger partial charge in [0.1, 0.15) is 6.04 Å². The molecule has 3 amide bonds. The zero-order chi connectivity index (χ0) is 25.9. The molecule has 2 N–H and O–H groups in total. The van der Waals surface area contributed by atoms with Crippen molar-refractivity contribution in [3.8, 4) is 0 Å². The molecule has 188 valence electrons. The summed E-state index contributed by atoms with van der Waals surface area (Å²) < 4.78 is 67.6. The number of anilines is 1. The van der Waals surface area contributed by atoms with Gasteiger partial charge in [0.25, 0.3) is 0 Å². The van der Waals surface area contributed by atoms with Crippen LogP contribution in [0, 0.1) is 35.0 Å². The number of benzene rings is 2. The van der Waals surface area contributed by atoms with Gasteiger partial charge in [-0.05, 0) is 18.4 Å². The van der Waals surface area contributed by atoms with Crippen molar-refractivity contribution < 1.29 is 36.3 Å². The molecule has 6 nitrogen and oxygen atoms in total. The van der Waals surface area contributed by atoms with Crippen molar-refractivity contribution in [2.45, 2.75) is 51.7 Å². The maximum atomic E-state index is 14.1. The van der Waals surface area contributed by atoms with Crippen molar-refractivity contribution >= 4 is 23.4 Å². The Bertz CT molecular complexity index is 1120. The summed E-state index contributed by atoms with van der Waals surface area (Å²) in [6.45, 7) is 3.05. The minimum absolute atomic E-state index is 0.0242. The van der Waals surface area contributed by atoms with E-state index < -0.39 is 58.9 Å². The highest BCUT2D eigenvalue weighted by atomic mass is 19.2. The van der Waals surface area contributed by atoms with Crippen LogP contribution < -0.4 is 10.6 Å². The Morgan fingerprint density at radius 1 is 1.03 bits per heavy atom. The summed E-state index contributed by atoms with van der Waals surface area (Å²) in [5.74, 6) is -8.86. The highest BCUT2D eigenvalue weighted by molar-refractivity contribution is 5.97. The van der Waals surface area contributed by atoms with Gasteiger partial charge in [-0.25, -0.2) is 22.0 Å². The third-order valence-electron chi connectivity index (χ3n) is 5.76. The lowest BCUT2D eigenvalue weighted by Gasteiger charge is -2.27. The van der Waals surface area contributed by atoms with Gasteiger partial charge >= 0.3 is 0 Å². The molecule has 0 bridgehead atoms. The molecule has 0 aliphatic carbocycles. The largest absolute Gasteiger partial charge is 0.344 e. The van der Waals surface area contributed by atoms with Crippen molar-refractivity contribution in [2.75, 3.05) is 5.32 Å². The molecular formula is C24H24F5N3O3. The van der Waals surface area contributed by atoms with Gasteiger partial charge in [-0.2, -0.15) is 0 Å². The Kier molecular flexibility index (Phi) is 8.08. The molecule has 1 heterocycles. The number of amides is 3. The SMILES string of the molecule is CC(C)C(NC(=O)C[C@@H]1CCC(=O)N1Cc1cccc(F)c1F)C(=O)Nc1cc(F)c(F)c(F)c1. The van der Waals surface area contributed by atoms with E-state index in [9.17, 15) is 36.3 Å².